The van der Waals surface area contributed by atoms with Gasteiger partial charge in [-0.15, -0.1) is 0 Å². The van der Waals surface area contributed by atoms with Gasteiger partial charge in [0.15, 0.2) is 6.10 Å². The Balaban J connectivity index is 2.03. The molecule has 1 aromatic carbocycles. The normalized spacial score (nSPS) is 18.6. The number of benzene rings is 1. The molecule has 7 nitrogen and oxygen atoms in total. The smallest absolute Gasteiger partial charge is 0.414 e. The number of phenols is 1. The van der Waals surface area contributed by atoms with Crippen LogP contribution in [0.15, 0.2) is 24.3 Å². The van der Waals surface area contributed by atoms with Crippen LogP contribution in [0.3, 0.4) is 0 Å². The van der Waals surface area contributed by atoms with E-state index in [1.165, 1.54) is 17.0 Å². The molecule has 1 saturated heterocycles. The van der Waals surface area contributed by atoms with Gasteiger partial charge in [0.2, 0.25) is 0 Å². The Morgan fingerprint density at radius 3 is 3.06 bits per heavy atom. The molecule has 1 aliphatic rings. The van der Waals surface area contributed by atoms with Gasteiger partial charge in [-0.25, -0.2) is 9.59 Å². The third-order valence-electron chi connectivity index (χ3n) is 2.43. The lowest BCUT2D eigenvalue weighted by Crippen LogP contribution is -2.27. The van der Waals surface area contributed by atoms with E-state index in [0.717, 1.165) is 0 Å². The number of anilines is 1. The molecule has 1 fully saturated rings. The standard InChI is InChI=1S/C11H12N2O5/c12-10(15)17-6-9-5-13(11(16)18-9)7-2-1-3-8(14)4-7/h1-4,9,14H,5-6H2,(H2,12,15). The van der Waals surface area contributed by atoms with E-state index in [2.05, 4.69) is 4.74 Å². The second-order valence-corrected chi connectivity index (χ2v) is 3.77. The van der Waals surface area contributed by atoms with Gasteiger partial charge in [0.25, 0.3) is 0 Å². The fourth-order valence-corrected chi connectivity index (χ4v) is 1.66. The maximum absolute atomic E-state index is 11.6. The first kappa shape index (κ1) is 12.0. The number of hydrogen-bond donors (Lipinski definition) is 2. The van der Waals surface area contributed by atoms with Crippen molar-refractivity contribution in [3.63, 3.8) is 0 Å². The minimum Gasteiger partial charge on any atom is -0.508 e. The molecule has 2 amide bonds. The largest absolute Gasteiger partial charge is 0.508 e. The highest BCUT2D eigenvalue weighted by atomic mass is 16.6. The van der Waals surface area contributed by atoms with Crippen molar-refractivity contribution in [2.24, 2.45) is 5.73 Å². The molecule has 0 spiro atoms. The van der Waals surface area contributed by atoms with Crippen molar-refractivity contribution in [2.45, 2.75) is 6.10 Å². The van der Waals surface area contributed by atoms with Crippen molar-refractivity contribution in [3.05, 3.63) is 24.3 Å². The van der Waals surface area contributed by atoms with Crippen molar-refractivity contribution < 1.29 is 24.2 Å². The summed E-state index contributed by atoms with van der Waals surface area (Å²) >= 11 is 0. The van der Waals surface area contributed by atoms with Gasteiger partial charge >= 0.3 is 12.2 Å². The molecule has 96 valence electrons. The summed E-state index contributed by atoms with van der Waals surface area (Å²) in [6, 6.07) is 6.22. The zero-order valence-electron chi connectivity index (χ0n) is 9.41. The van der Waals surface area contributed by atoms with Crippen LogP contribution in [-0.2, 0) is 9.47 Å². The average molecular weight is 252 g/mol. The summed E-state index contributed by atoms with van der Waals surface area (Å²) in [5.41, 5.74) is 5.34. The Morgan fingerprint density at radius 2 is 2.39 bits per heavy atom. The van der Waals surface area contributed by atoms with Gasteiger partial charge in [-0.3, -0.25) is 4.90 Å². The quantitative estimate of drug-likeness (QED) is 0.828. The molecule has 18 heavy (non-hydrogen) atoms. The zero-order chi connectivity index (χ0) is 13.1. The van der Waals surface area contributed by atoms with E-state index in [9.17, 15) is 14.7 Å². The number of carbonyl (C=O) groups is 2. The van der Waals surface area contributed by atoms with Gasteiger partial charge < -0.3 is 20.3 Å². The number of nitrogens with zero attached hydrogens (tertiary/aromatic N) is 1. The number of nitrogens with two attached hydrogens (primary N) is 1. The first-order valence-electron chi connectivity index (χ1n) is 5.25. The lowest BCUT2D eigenvalue weighted by atomic mass is 10.2. The summed E-state index contributed by atoms with van der Waals surface area (Å²) in [5, 5.41) is 9.34. The van der Waals surface area contributed by atoms with E-state index in [1.54, 1.807) is 12.1 Å². The van der Waals surface area contributed by atoms with Gasteiger partial charge in [-0.05, 0) is 12.1 Å². The Bertz CT molecular complexity index is 476. The van der Waals surface area contributed by atoms with Crippen molar-refractivity contribution in [2.75, 3.05) is 18.1 Å². The molecule has 1 aromatic rings. The summed E-state index contributed by atoms with van der Waals surface area (Å²) < 4.78 is 9.56. The first-order valence-corrected chi connectivity index (χ1v) is 5.25. The third kappa shape index (κ3) is 2.62. The topological polar surface area (TPSA) is 102 Å². The highest BCUT2D eigenvalue weighted by molar-refractivity contribution is 5.90. The summed E-state index contributed by atoms with van der Waals surface area (Å²) in [4.78, 5) is 23.4. The van der Waals surface area contributed by atoms with E-state index in [0.29, 0.717) is 5.69 Å². The van der Waals surface area contributed by atoms with E-state index in [4.69, 9.17) is 10.5 Å². The number of phenolic OH excluding ortho intramolecular Hbond substituents is 1. The monoisotopic (exact) mass is 252 g/mol. The van der Waals surface area contributed by atoms with Crippen LogP contribution in [0.4, 0.5) is 15.3 Å². The van der Waals surface area contributed by atoms with Crippen LogP contribution < -0.4 is 10.6 Å². The fraction of sp³-hybridized carbons (Fsp3) is 0.273. The van der Waals surface area contributed by atoms with Crippen LogP contribution in [0, 0.1) is 0 Å². The number of hydrogen-bond acceptors (Lipinski definition) is 5. The van der Waals surface area contributed by atoms with Crippen LogP contribution in [0.1, 0.15) is 0 Å². The molecule has 1 heterocycles. The molecule has 0 bridgehead atoms. The highest BCUT2D eigenvalue weighted by Crippen LogP contribution is 2.24. The predicted molar refractivity (Wildman–Crippen MR) is 61.3 cm³/mol. The molecule has 1 atom stereocenters. The number of cyclic esters (lactones) is 1. The predicted octanol–water partition coefficient (Wildman–Crippen LogP) is 0.813. The van der Waals surface area contributed by atoms with Crippen molar-refractivity contribution in [1.29, 1.82) is 0 Å². The molecule has 0 aliphatic carbocycles. The number of carbonyl (C=O) groups excluding carboxylic acids is 2. The summed E-state index contributed by atoms with van der Waals surface area (Å²) in [7, 11) is 0. The second-order valence-electron chi connectivity index (χ2n) is 3.77. The van der Waals surface area contributed by atoms with Crippen LogP contribution in [0.25, 0.3) is 0 Å². The molecule has 3 N–H and O–H groups in total. The lowest BCUT2D eigenvalue weighted by molar-refractivity contribution is 0.0779. The summed E-state index contributed by atoms with van der Waals surface area (Å²) in [5.74, 6) is 0.0529. The minimum absolute atomic E-state index is 0.0529. The Labute approximate surface area is 103 Å². The molecule has 0 radical (unpaired) electrons. The van der Waals surface area contributed by atoms with Gasteiger partial charge in [-0.2, -0.15) is 0 Å². The maximum atomic E-state index is 11.6. The molecule has 0 saturated carbocycles. The molecule has 0 aromatic heterocycles. The van der Waals surface area contributed by atoms with Crippen LogP contribution in [0.5, 0.6) is 5.75 Å². The highest BCUT2D eigenvalue weighted by Gasteiger charge is 2.33. The molecule has 1 unspecified atom stereocenters. The lowest BCUT2D eigenvalue weighted by Gasteiger charge is -2.12. The molecule has 1 aliphatic heterocycles. The third-order valence-corrected chi connectivity index (χ3v) is 2.43. The summed E-state index contributed by atoms with van der Waals surface area (Å²) in [6.45, 7) is 0.145. The summed E-state index contributed by atoms with van der Waals surface area (Å²) in [6.07, 6.45) is -2.03. The number of rotatable bonds is 3. The minimum atomic E-state index is -0.915. The van der Waals surface area contributed by atoms with Gasteiger partial charge in [0, 0.05) is 6.07 Å². The zero-order valence-corrected chi connectivity index (χ0v) is 9.41. The second kappa shape index (κ2) is 4.82. The SMILES string of the molecule is NC(=O)OCC1CN(c2cccc(O)c2)C(=O)O1. The fourth-order valence-electron chi connectivity index (χ4n) is 1.66. The number of amides is 2. The van der Waals surface area contributed by atoms with Crippen LogP contribution in [0.2, 0.25) is 0 Å². The molecule has 7 heteroatoms. The molecule has 2 rings (SSSR count). The van der Waals surface area contributed by atoms with E-state index < -0.39 is 18.3 Å². The number of aromatic hydroxyl groups is 1. The first-order chi connectivity index (χ1) is 8.56. The van der Waals surface area contributed by atoms with Gasteiger partial charge in [-0.1, -0.05) is 6.07 Å². The number of ether oxygens (including phenoxy) is 2. The van der Waals surface area contributed by atoms with Crippen molar-refractivity contribution >= 4 is 17.9 Å². The average Bonchev–Trinajstić information content (AvgIpc) is 2.68. The van der Waals surface area contributed by atoms with Crippen LogP contribution in [-0.4, -0.2) is 36.5 Å². The number of primary amides is 1. The van der Waals surface area contributed by atoms with E-state index >= 15 is 0 Å². The van der Waals surface area contributed by atoms with Gasteiger partial charge in [0.1, 0.15) is 12.4 Å². The van der Waals surface area contributed by atoms with E-state index in [-0.39, 0.29) is 18.9 Å². The Kier molecular flexibility index (Phi) is 3.22. The van der Waals surface area contributed by atoms with Crippen molar-refractivity contribution in [1.82, 2.24) is 0 Å². The van der Waals surface area contributed by atoms with E-state index in [1.807, 2.05) is 0 Å². The van der Waals surface area contributed by atoms with Gasteiger partial charge in [0.05, 0.1) is 12.2 Å². The maximum Gasteiger partial charge on any atom is 0.414 e. The molecular weight excluding hydrogens is 240 g/mol. The Hall–Kier alpha value is -2.44. The Morgan fingerprint density at radius 1 is 1.61 bits per heavy atom. The molecular formula is C11H12N2O5. The van der Waals surface area contributed by atoms with Crippen molar-refractivity contribution in [3.8, 4) is 5.75 Å². The van der Waals surface area contributed by atoms with Crippen LogP contribution >= 0.6 is 0 Å².